The largest absolute Gasteiger partial charge is 0.444 e. The number of carbonyl (C=O) groups is 2. The Morgan fingerprint density at radius 1 is 1.32 bits per heavy atom. The highest BCUT2D eigenvalue weighted by atomic mass is 32.1. The molecule has 2 amide bonds. The number of hydrogen-bond donors (Lipinski definition) is 1. The van der Waals surface area contributed by atoms with Crippen LogP contribution in [0.1, 0.15) is 67.3 Å². The van der Waals surface area contributed by atoms with Gasteiger partial charge in [-0.25, -0.2) is 9.78 Å². The van der Waals surface area contributed by atoms with Gasteiger partial charge in [0, 0.05) is 19.1 Å². The van der Waals surface area contributed by atoms with E-state index in [0.717, 1.165) is 41.3 Å². The number of hydrogen-bond acceptors (Lipinski definition) is 5. The molecule has 7 heteroatoms. The Morgan fingerprint density at radius 2 is 1.96 bits per heavy atom. The first-order valence-corrected chi connectivity index (χ1v) is 9.76. The Hall–Kier alpha value is -1.63. The average molecular weight is 368 g/mol. The maximum Gasteiger partial charge on any atom is 0.407 e. The maximum atomic E-state index is 12.7. The Labute approximate surface area is 154 Å². The molecular formula is C18H29N3O3S. The number of aryl methyl sites for hydroxylation is 2. The van der Waals surface area contributed by atoms with Crippen LogP contribution in [-0.2, 0) is 11.2 Å². The van der Waals surface area contributed by atoms with Gasteiger partial charge in [-0.1, -0.05) is 6.92 Å². The average Bonchev–Trinajstić information content (AvgIpc) is 2.86. The molecule has 2 heterocycles. The van der Waals surface area contributed by atoms with Gasteiger partial charge in [-0.05, 0) is 53.4 Å². The van der Waals surface area contributed by atoms with Gasteiger partial charge in [0.15, 0.2) is 0 Å². The second-order valence-corrected chi connectivity index (χ2v) is 8.57. The van der Waals surface area contributed by atoms with Crippen molar-refractivity contribution in [2.75, 3.05) is 13.1 Å². The number of likely N-dealkylation sites (tertiary alicyclic amines) is 1. The first-order chi connectivity index (χ1) is 11.7. The van der Waals surface area contributed by atoms with Crippen LogP contribution in [0.3, 0.4) is 0 Å². The molecule has 1 aliphatic rings. The predicted octanol–water partition coefficient (Wildman–Crippen LogP) is 3.53. The highest BCUT2D eigenvalue weighted by molar-refractivity contribution is 7.13. The SMILES string of the molecule is CCCc1nc(C)c(C(=O)N2CCC(NC(=O)OC(C)(C)C)CC2)s1. The second kappa shape index (κ2) is 8.17. The van der Waals surface area contributed by atoms with Crippen LogP contribution in [0.2, 0.25) is 0 Å². The molecule has 2 rings (SSSR count). The molecule has 0 aliphatic carbocycles. The molecule has 1 fully saturated rings. The summed E-state index contributed by atoms with van der Waals surface area (Å²) in [6, 6.07) is 0.0529. The van der Waals surface area contributed by atoms with E-state index in [1.54, 1.807) is 0 Å². The smallest absolute Gasteiger partial charge is 0.407 e. The molecular weight excluding hydrogens is 338 g/mol. The molecule has 1 aromatic heterocycles. The zero-order valence-corrected chi connectivity index (χ0v) is 16.7. The zero-order valence-electron chi connectivity index (χ0n) is 15.8. The molecule has 0 atom stereocenters. The normalized spacial score (nSPS) is 16.0. The number of nitrogens with one attached hydrogen (secondary N) is 1. The summed E-state index contributed by atoms with van der Waals surface area (Å²) in [7, 11) is 0. The third-order valence-electron chi connectivity index (χ3n) is 4.00. The summed E-state index contributed by atoms with van der Waals surface area (Å²) < 4.78 is 5.29. The fourth-order valence-corrected chi connectivity index (χ4v) is 3.95. The molecule has 1 aromatic rings. The van der Waals surface area contributed by atoms with Crippen LogP contribution in [0.15, 0.2) is 0 Å². The van der Waals surface area contributed by atoms with Gasteiger partial charge in [0.25, 0.3) is 5.91 Å². The number of alkyl carbamates (subject to hydrolysis) is 1. The highest BCUT2D eigenvalue weighted by Gasteiger charge is 2.28. The second-order valence-electron chi connectivity index (χ2n) is 7.48. The summed E-state index contributed by atoms with van der Waals surface area (Å²) in [6.07, 6.45) is 3.04. The minimum Gasteiger partial charge on any atom is -0.444 e. The number of thiazole rings is 1. The van der Waals surface area contributed by atoms with E-state index in [1.807, 2.05) is 32.6 Å². The van der Waals surface area contributed by atoms with Crippen molar-refractivity contribution >= 4 is 23.3 Å². The van der Waals surface area contributed by atoms with E-state index in [9.17, 15) is 9.59 Å². The summed E-state index contributed by atoms with van der Waals surface area (Å²) in [5, 5.41) is 3.93. The van der Waals surface area contributed by atoms with Crippen LogP contribution in [0.4, 0.5) is 4.79 Å². The Morgan fingerprint density at radius 3 is 2.52 bits per heavy atom. The fourth-order valence-electron chi connectivity index (χ4n) is 2.82. The minimum atomic E-state index is -0.499. The van der Waals surface area contributed by atoms with E-state index < -0.39 is 5.60 Å². The standard InChI is InChI=1S/C18H29N3O3S/c1-6-7-14-19-12(2)15(25-14)16(22)21-10-8-13(9-11-21)20-17(23)24-18(3,4)5/h13H,6-11H2,1-5H3,(H,20,23). The van der Waals surface area contributed by atoms with Crippen LogP contribution in [0.5, 0.6) is 0 Å². The number of piperidine rings is 1. The van der Waals surface area contributed by atoms with E-state index in [0.29, 0.717) is 13.1 Å². The van der Waals surface area contributed by atoms with E-state index in [-0.39, 0.29) is 18.0 Å². The van der Waals surface area contributed by atoms with E-state index in [2.05, 4.69) is 17.2 Å². The molecule has 0 unspecified atom stereocenters. The van der Waals surface area contributed by atoms with Crippen molar-refractivity contribution in [2.24, 2.45) is 0 Å². The van der Waals surface area contributed by atoms with Crippen molar-refractivity contribution in [1.29, 1.82) is 0 Å². The van der Waals surface area contributed by atoms with Gasteiger partial charge in [0.2, 0.25) is 0 Å². The van der Waals surface area contributed by atoms with Crippen LogP contribution >= 0.6 is 11.3 Å². The van der Waals surface area contributed by atoms with Gasteiger partial charge in [-0.15, -0.1) is 11.3 Å². The van der Waals surface area contributed by atoms with Crippen LogP contribution in [0.25, 0.3) is 0 Å². The molecule has 0 aromatic carbocycles. The minimum absolute atomic E-state index is 0.0529. The Bertz CT molecular complexity index is 614. The van der Waals surface area contributed by atoms with Crippen LogP contribution < -0.4 is 5.32 Å². The third-order valence-corrected chi connectivity index (χ3v) is 5.21. The van der Waals surface area contributed by atoms with Gasteiger partial charge < -0.3 is 15.0 Å². The summed E-state index contributed by atoms with van der Waals surface area (Å²) in [4.78, 5) is 31.7. The molecule has 0 bridgehead atoms. The summed E-state index contributed by atoms with van der Waals surface area (Å²) in [6.45, 7) is 10.8. The third kappa shape index (κ3) is 5.70. The number of carbonyl (C=O) groups excluding carboxylic acids is 2. The number of rotatable bonds is 4. The van der Waals surface area contributed by atoms with Gasteiger partial charge in [-0.2, -0.15) is 0 Å². The zero-order chi connectivity index (χ0) is 18.6. The van der Waals surface area contributed by atoms with Gasteiger partial charge in [-0.3, -0.25) is 4.79 Å². The fraction of sp³-hybridized carbons (Fsp3) is 0.722. The monoisotopic (exact) mass is 367 g/mol. The lowest BCUT2D eigenvalue weighted by Crippen LogP contribution is -2.47. The van der Waals surface area contributed by atoms with Crippen LogP contribution in [-0.4, -0.2) is 46.6 Å². The number of ether oxygens (including phenoxy) is 1. The molecule has 0 saturated carbocycles. The topological polar surface area (TPSA) is 71.5 Å². The van der Waals surface area contributed by atoms with Crippen molar-refractivity contribution in [3.63, 3.8) is 0 Å². The molecule has 6 nitrogen and oxygen atoms in total. The lowest BCUT2D eigenvalue weighted by molar-refractivity contribution is 0.0474. The lowest BCUT2D eigenvalue weighted by Gasteiger charge is -2.32. The Balaban J connectivity index is 1.87. The van der Waals surface area contributed by atoms with Gasteiger partial charge >= 0.3 is 6.09 Å². The lowest BCUT2D eigenvalue weighted by atomic mass is 10.0. The first kappa shape index (κ1) is 19.7. The molecule has 0 spiro atoms. The summed E-state index contributed by atoms with van der Waals surface area (Å²) >= 11 is 1.51. The van der Waals surface area contributed by atoms with Crippen molar-refractivity contribution in [2.45, 2.75) is 71.9 Å². The van der Waals surface area contributed by atoms with Crippen molar-refractivity contribution in [3.05, 3.63) is 15.6 Å². The maximum absolute atomic E-state index is 12.7. The number of aromatic nitrogens is 1. The number of nitrogens with zero attached hydrogens (tertiary/aromatic N) is 2. The Kier molecular flexibility index (Phi) is 6.43. The molecule has 1 aliphatic heterocycles. The van der Waals surface area contributed by atoms with Crippen molar-refractivity contribution < 1.29 is 14.3 Å². The van der Waals surface area contributed by atoms with E-state index in [1.165, 1.54) is 11.3 Å². The molecule has 25 heavy (non-hydrogen) atoms. The molecule has 0 radical (unpaired) electrons. The van der Waals surface area contributed by atoms with Crippen LogP contribution in [0, 0.1) is 6.92 Å². The molecule has 1 N–H and O–H groups in total. The van der Waals surface area contributed by atoms with E-state index in [4.69, 9.17) is 4.74 Å². The van der Waals surface area contributed by atoms with Crippen molar-refractivity contribution in [3.8, 4) is 0 Å². The summed E-state index contributed by atoms with van der Waals surface area (Å²) in [5.74, 6) is 0.0630. The quantitative estimate of drug-likeness (QED) is 0.884. The molecule has 140 valence electrons. The van der Waals surface area contributed by atoms with Crippen molar-refractivity contribution in [1.82, 2.24) is 15.2 Å². The predicted molar refractivity (Wildman–Crippen MR) is 99.1 cm³/mol. The highest BCUT2D eigenvalue weighted by Crippen LogP contribution is 2.23. The molecule has 1 saturated heterocycles. The first-order valence-electron chi connectivity index (χ1n) is 8.94. The summed E-state index contributed by atoms with van der Waals surface area (Å²) in [5.41, 5.74) is 0.327. The van der Waals surface area contributed by atoms with E-state index >= 15 is 0 Å². The number of amides is 2. The van der Waals surface area contributed by atoms with Gasteiger partial charge in [0.05, 0.1) is 10.7 Å². The van der Waals surface area contributed by atoms with Gasteiger partial charge in [0.1, 0.15) is 10.5 Å².